The zero-order valence-corrected chi connectivity index (χ0v) is 19.4. The Morgan fingerprint density at radius 2 is 1.37 bits per heavy atom. The standard InChI is InChI=1S/C24H38O2S/c1-13(2)18-11-19(14(3)4)23(20(12-18)15(5)6)27(26)24-21(25)10-17(9)22(24)16(7)8/h11-17,22,24H,10H2,1-9H3/t17-,22+,24+,27+/m1/s1. The summed E-state index contributed by atoms with van der Waals surface area (Å²) in [7, 11) is -1.30. The Morgan fingerprint density at radius 3 is 1.74 bits per heavy atom. The molecule has 0 N–H and O–H groups in total. The van der Waals surface area contributed by atoms with Gasteiger partial charge in [-0.2, -0.15) is 0 Å². The predicted molar refractivity (Wildman–Crippen MR) is 116 cm³/mol. The van der Waals surface area contributed by atoms with Gasteiger partial charge in [-0.15, -0.1) is 0 Å². The van der Waals surface area contributed by atoms with E-state index in [1.807, 2.05) is 0 Å². The lowest BCUT2D eigenvalue weighted by Crippen LogP contribution is -2.32. The quantitative estimate of drug-likeness (QED) is 0.562. The maximum Gasteiger partial charge on any atom is 0.149 e. The molecule has 27 heavy (non-hydrogen) atoms. The lowest BCUT2D eigenvalue weighted by Gasteiger charge is -2.28. The lowest BCUT2D eigenvalue weighted by molar-refractivity contribution is -0.117. The highest BCUT2D eigenvalue weighted by atomic mass is 32.2. The van der Waals surface area contributed by atoms with Crippen LogP contribution in [0.5, 0.6) is 0 Å². The third kappa shape index (κ3) is 4.39. The van der Waals surface area contributed by atoms with Crippen molar-refractivity contribution in [3.63, 3.8) is 0 Å². The van der Waals surface area contributed by atoms with Crippen molar-refractivity contribution in [1.29, 1.82) is 0 Å². The third-order valence-electron chi connectivity index (χ3n) is 6.13. The van der Waals surface area contributed by atoms with Crippen LogP contribution in [0.2, 0.25) is 0 Å². The van der Waals surface area contributed by atoms with E-state index in [1.165, 1.54) is 5.56 Å². The molecule has 0 radical (unpaired) electrons. The van der Waals surface area contributed by atoms with E-state index >= 15 is 0 Å². The molecule has 1 saturated carbocycles. The molecule has 0 amide bonds. The molecule has 3 heteroatoms. The minimum absolute atomic E-state index is 0.192. The molecule has 1 aliphatic carbocycles. The largest absolute Gasteiger partial charge is 0.298 e. The van der Waals surface area contributed by atoms with Crippen LogP contribution >= 0.6 is 0 Å². The maximum atomic E-state index is 13.9. The van der Waals surface area contributed by atoms with Crippen molar-refractivity contribution >= 4 is 16.6 Å². The first-order valence-electron chi connectivity index (χ1n) is 10.6. The molecule has 1 aromatic rings. The van der Waals surface area contributed by atoms with Crippen molar-refractivity contribution in [2.45, 2.75) is 96.6 Å². The Labute approximate surface area is 169 Å². The summed E-state index contributed by atoms with van der Waals surface area (Å²) in [5.41, 5.74) is 3.63. The van der Waals surface area contributed by atoms with Gasteiger partial charge in [0, 0.05) is 11.3 Å². The molecule has 0 bridgehead atoms. The van der Waals surface area contributed by atoms with E-state index in [0.29, 0.717) is 24.2 Å². The minimum Gasteiger partial charge on any atom is -0.298 e. The van der Waals surface area contributed by atoms with E-state index in [-0.39, 0.29) is 28.8 Å². The molecule has 1 fully saturated rings. The number of Topliss-reactive ketones (excluding diaryl/α,β-unsaturated/α-hetero) is 1. The summed E-state index contributed by atoms with van der Waals surface area (Å²) in [6.45, 7) is 19.6. The Kier molecular flexibility index (Phi) is 7.11. The monoisotopic (exact) mass is 390 g/mol. The molecule has 0 saturated heterocycles. The van der Waals surface area contributed by atoms with Crippen LogP contribution in [0, 0.1) is 17.8 Å². The number of carbonyl (C=O) groups excluding carboxylic acids is 1. The van der Waals surface area contributed by atoms with Gasteiger partial charge < -0.3 is 0 Å². The van der Waals surface area contributed by atoms with Gasteiger partial charge in [-0.3, -0.25) is 9.00 Å². The van der Waals surface area contributed by atoms with E-state index in [0.717, 1.165) is 16.0 Å². The number of rotatable bonds is 6. The molecule has 2 nitrogen and oxygen atoms in total. The smallest absolute Gasteiger partial charge is 0.149 e. The van der Waals surface area contributed by atoms with Gasteiger partial charge in [-0.25, -0.2) is 0 Å². The first-order valence-corrected chi connectivity index (χ1v) is 11.8. The Hall–Kier alpha value is -0.960. The van der Waals surface area contributed by atoms with E-state index in [9.17, 15) is 9.00 Å². The highest BCUT2D eigenvalue weighted by Gasteiger charge is 2.46. The van der Waals surface area contributed by atoms with Crippen LogP contribution in [0.25, 0.3) is 0 Å². The molecule has 1 aromatic carbocycles. The third-order valence-corrected chi connectivity index (χ3v) is 8.04. The first kappa shape index (κ1) is 22.3. The van der Waals surface area contributed by atoms with Crippen molar-refractivity contribution in [3.8, 4) is 0 Å². The Bertz CT molecular complexity index is 686. The van der Waals surface area contributed by atoms with Gasteiger partial charge >= 0.3 is 0 Å². The molecule has 0 aromatic heterocycles. The number of ketones is 1. The average molecular weight is 391 g/mol. The maximum absolute atomic E-state index is 13.9. The van der Waals surface area contributed by atoms with E-state index in [2.05, 4.69) is 74.4 Å². The fourth-order valence-electron chi connectivity index (χ4n) is 4.60. The summed E-state index contributed by atoms with van der Waals surface area (Å²) in [6, 6.07) is 4.48. The zero-order valence-electron chi connectivity index (χ0n) is 18.6. The van der Waals surface area contributed by atoms with Crippen LogP contribution < -0.4 is 0 Å². The number of carbonyl (C=O) groups is 1. The van der Waals surface area contributed by atoms with Gasteiger partial charge in [-0.05, 0) is 52.2 Å². The highest BCUT2D eigenvalue weighted by Crippen LogP contribution is 2.42. The van der Waals surface area contributed by atoms with Gasteiger partial charge in [0.2, 0.25) is 0 Å². The second kappa shape index (κ2) is 8.59. The molecular formula is C24H38O2S. The van der Waals surface area contributed by atoms with Gasteiger partial charge in [-0.1, -0.05) is 74.4 Å². The van der Waals surface area contributed by atoms with Crippen LogP contribution in [0.15, 0.2) is 17.0 Å². The summed E-state index contributed by atoms with van der Waals surface area (Å²) in [6.07, 6.45) is 0.567. The SMILES string of the molecule is CC(C)c1cc(C(C)C)c([S@](=O)[C@H]2C(=O)C[C@@H](C)[C@@H]2C(C)C)c(C(C)C)c1. The van der Waals surface area contributed by atoms with Crippen molar-refractivity contribution < 1.29 is 9.00 Å². The second-order valence-corrected chi connectivity index (χ2v) is 11.2. The second-order valence-electron chi connectivity index (χ2n) is 9.68. The summed E-state index contributed by atoms with van der Waals surface area (Å²) in [4.78, 5) is 13.8. The fourth-order valence-corrected chi connectivity index (χ4v) is 7.11. The van der Waals surface area contributed by atoms with Gasteiger partial charge in [0.25, 0.3) is 0 Å². The predicted octanol–water partition coefficient (Wildman–Crippen LogP) is 6.41. The van der Waals surface area contributed by atoms with Crippen molar-refractivity contribution in [1.82, 2.24) is 0 Å². The number of hydrogen-bond acceptors (Lipinski definition) is 2. The molecule has 2 rings (SSSR count). The van der Waals surface area contributed by atoms with Crippen molar-refractivity contribution in [2.24, 2.45) is 17.8 Å². The van der Waals surface area contributed by atoms with Gasteiger partial charge in [0.15, 0.2) is 0 Å². The van der Waals surface area contributed by atoms with Crippen LogP contribution in [-0.4, -0.2) is 15.2 Å². The number of benzene rings is 1. The Balaban J connectivity index is 2.68. The molecule has 0 aliphatic heterocycles. The highest BCUT2D eigenvalue weighted by molar-refractivity contribution is 7.86. The summed E-state index contributed by atoms with van der Waals surface area (Å²) >= 11 is 0. The van der Waals surface area contributed by atoms with Crippen LogP contribution in [0.3, 0.4) is 0 Å². The Morgan fingerprint density at radius 1 is 0.889 bits per heavy atom. The van der Waals surface area contributed by atoms with Gasteiger partial charge in [0.1, 0.15) is 11.0 Å². The van der Waals surface area contributed by atoms with Gasteiger partial charge in [0.05, 0.1) is 10.8 Å². The summed E-state index contributed by atoms with van der Waals surface area (Å²) in [5.74, 6) is 2.06. The molecule has 0 spiro atoms. The zero-order chi connectivity index (χ0) is 20.6. The molecule has 4 atom stereocenters. The lowest BCUT2D eigenvalue weighted by atomic mass is 9.87. The topological polar surface area (TPSA) is 34.1 Å². The van der Waals surface area contributed by atoms with E-state index in [4.69, 9.17) is 0 Å². The van der Waals surface area contributed by atoms with Crippen molar-refractivity contribution in [2.75, 3.05) is 0 Å². The fraction of sp³-hybridized carbons (Fsp3) is 0.708. The molecule has 0 heterocycles. The van der Waals surface area contributed by atoms with Crippen molar-refractivity contribution in [3.05, 3.63) is 28.8 Å². The van der Waals surface area contributed by atoms with Crippen LogP contribution in [0.4, 0.5) is 0 Å². The summed E-state index contributed by atoms with van der Waals surface area (Å²) in [5, 5.41) is -0.361. The van der Waals surface area contributed by atoms with E-state index in [1.54, 1.807) is 0 Å². The van der Waals surface area contributed by atoms with Crippen LogP contribution in [-0.2, 0) is 15.6 Å². The summed E-state index contributed by atoms with van der Waals surface area (Å²) < 4.78 is 13.9. The molecule has 1 aliphatic rings. The molecular weight excluding hydrogens is 352 g/mol. The molecule has 0 unspecified atom stereocenters. The normalized spacial score (nSPS) is 24.6. The van der Waals surface area contributed by atoms with E-state index < -0.39 is 10.8 Å². The first-order chi connectivity index (χ1) is 12.5. The number of hydrogen-bond donors (Lipinski definition) is 0. The molecule has 152 valence electrons. The minimum atomic E-state index is -1.30. The van der Waals surface area contributed by atoms with Crippen LogP contribution in [0.1, 0.15) is 103 Å². The average Bonchev–Trinajstić information content (AvgIpc) is 2.86.